The Kier molecular flexibility index (Phi) is 5.23. The maximum absolute atomic E-state index is 13.8. The zero-order chi connectivity index (χ0) is 17.8. The molecule has 1 aromatic heterocycles. The maximum Gasteiger partial charge on any atom is 0.267 e. The number of halogens is 2. The molecule has 1 amide bonds. The molecular formula is C18H20F2N4O. The number of carbonyl (C=O) groups excluding carboxylic acids is 1. The first-order valence-corrected chi connectivity index (χ1v) is 8.21. The summed E-state index contributed by atoms with van der Waals surface area (Å²) in [6, 6.07) is 9.09. The highest BCUT2D eigenvalue weighted by atomic mass is 19.1. The number of nitrogens with two attached hydrogens (primary N) is 1. The largest absolute Gasteiger partial charge is 0.364 e. The Bertz CT molecular complexity index is 748. The molecule has 0 atom stereocenters. The van der Waals surface area contributed by atoms with Crippen LogP contribution < -0.4 is 10.6 Å². The van der Waals surface area contributed by atoms with Gasteiger partial charge < -0.3 is 10.6 Å². The highest BCUT2D eigenvalue weighted by Gasteiger charge is 2.19. The second-order valence-corrected chi connectivity index (χ2v) is 6.06. The Labute approximate surface area is 145 Å². The Morgan fingerprint density at radius 1 is 1.04 bits per heavy atom. The first-order valence-electron chi connectivity index (χ1n) is 8.21. The summed E-state index contributed by atoms with van der Waals surface area (Å²) in [5.41, 5.74) is 5.61. The Morgan fingerprint density at radius 3 is 2.48 bits per heavy atom. The molecule has 0 unspecified atom stereocenters. The van der Waals surface area contributed by atoms with E-state index in [1.54, 1.807) is 12.1 Å². The standard InChI is InChI=1S/C18H20F2N4O/c19-14-4-1-5-15(20)13(14)12-23-8-3-9-24(11-10-23)17-7-2-6-16(22-17)18(21)25/h1-2,4-7H,3,8-12H2,(H2,21,25). The molecule has 0 radical (unpaired) electrons. The number of aromatic nitrogens is 1. The lowest BCUT2D eigenvalue weighted by molar-refractivity contribution is 0.0995. The number of amides is 1. The van der Waals surface area contributed by atoms with Crippen molar-refractivity contribution in [1.82, 2.24) is 9.88 Å². The van der Waals surface area contributed by atoms with E-state index < -0.39 is 17.5 Å². The smallest absolute Gasteiger partial charge is 0.267 e. The van der Waals surface area contributed by atoms with Gasteiger partial charge in [-0.2, -0.15) is 0 Å². The van der Waals surface area contributed by atoms with Crippen LogP contribution in [0.5, 0.6) is 0 Å². The summed E-state index contributed by atoms with van der Waals surface area (Å²) in [5.74, 6) is -0.905. The molecule has 3 rings (SSSR count). The van der Waals surface area contributed by atoms with E-state index in [0.29, 0.717) is 18.9 Å². The highest BCUT2D eigenvalue weighted by molar-refractivity contribution is 5.91. The molecule has 1 saturated heterocycles. The first kappa shape index (κ1) is 17.3. The van der Waals surface area contributed by atoms with Crippen LogP contribution in [0.15, 0.2) is 36.4 Å². The van der Waals surface area contributed by atoms with Gasteiger partial charge in [-0.05, 0) is 30.7 Å². The van der Waals surface area contributed by atoms with Crippen molar-refractivity contribution in [3.63, 3.8) is 0 Å². The van der Waals surface area contributed by atoms with Crippen molar-refractivity contribution in [1.29, 1.82) is 0 Å². The van der Waals surface area contributed by atoms with Crippen molar-refractivity contribution in [3.8, 4) is 0 Å². The van der Waals surface area contributed by atoms with Crippen molar-refractivity contribution in [2.24, 2.45) is 5.73 Å². The van der Waals surface area contributed by atoms with Crippen LogP contribution in [0.3, 0.4) is 0 Å². The third-order valence-electron chi connectivity index (χ3n) is 4.34. The van der Waals surface area contributed by atoms with Crippen molar-refractivity contribution in [3.05, 3.63) is 59.3 Å². The second-order valence-electron chi connectivity index (χ2n) is 6.06. The van der Waals surface area contributed by atoms with Crippen molar-refractivity contribution in [2.75, 3.05) is 31.1 Å². The number of hydrogen-bond acceptors (Lipinski definition) is 4. The lowest BCUT2D eigenvalue weighted by Crippen LogP contribution is -2.31. The van der Waals surface area contributed by atoms with E-state index in [0.717, 1.165) is 19.5 Å². The average molecular weight is 346 g/mol. The Balaban J connectivity index is 1.68. The third-order valence-corrected chi connectivity index (χ3v) is 4.34. The molecule has 132 valence electrons. The summed E-state index contributed by atoms with van der Waals surface area (Å²) in [4.78, 5) is 19.7. The summed E-state index contributed by atoms with van der Waals surface area (Å²) in [7, 11) is 0. The van der Waals surface area contributed by atoms with E-state index in [2.05, 4.69) is 9.88 Å². The molecule has 0 spiro atoms. The molecule has 7 heteroatoms. The van der Waals surface area contributed by atoms with Crippen LogP contribution in [0.25, 0.3) is 0 Å². The number of primary amides is 1. The summed E-state index contributed by atoms with van der Waals surface area (Å²) in [6.07, 6.45) is 0.832. The van der Waals surface area contributed by atoms with Gasteiger partial charge in [-0.25, -0.2) is 13.8 Å². The molecule has 25 heavy (non-hydrogen) atoms. The number of benzene rings is 1. The van der Waals surface area contributed by atoms with Crippen molar-refractivity contribution in [2.45, 2.75) is 13.0 Å². The molecule has 1 fully saturated rings. The predicted molar refractivity (Wildman–Crippen MR) is 91.2 cm³/mol. The number of hydrogen-bond donors (Lipinski definition) is 1. The van der Waals surface area contributed by atoms with E-state index in [1.165, 1.54) is 18.2 Å². The average Bonchev–Trinajstić information content (AvgIpc) is 2.84. The fraction of sp³-hybridized carbons (Fsp3) is 0.333. The summed E-state index contributed by atoms with van der Waals surface area (Å²) < 4.78 is 27.7. The molecule has 0 bridgehead atoms. The van der Waals surface area contributed by atoms with E-state index in [9.17, 15) is 13.6 Å². The zero-order valence-electron chi connectivity index (χ0n) is 13.8. The van der Waals surface area contributed by atoms with E-state index in [-0.39, 0.29) is 17.8 Å². The number of pyridine rings is 1. The van der Waals surface area contributed by atoms with E-state index in [1.807, 2.05) is 11.0 Å². The van der Waals surface area contributed by atoms with Crippen molar-refractivity contribution < 1.29 is 13.6 Å². The zero-order valence-corrected chi connectivity index (χ0v) is 13.8. The maximum atomic E-state index is 13.8. The van der Waals surface area contributed by atoms with Gasteiger partial charge in [0.15, 0.2) is 0 Å². The van der Waals surface area contributed by atoms with Gasteiger partial charge in [-0.15, -0.1) is 0 Å². The fourth-order valence-corrected chi connectivity index (χ4v) is 3.00. The van der Waals surface area contributed by atoms with Crippen LogP contribution in [-0.4, -0.2) is 42.0 Å². The minimum atomic E-state index is -0.562. The molecule has 2 aromatic rings. The van der Waals surface area contributed by atoms with E-state index in [4.69, 9.17) is 5.73 Å². The quantitative estimate of drug-likeness (QED) is 0.922. The van der Waals surface area contributed by atoms with Gasteiger partial charge in [0.25, 0.3) is 5.91 Å². The van der Waals surface area contributed by atoms with Gasteiger partial charge >= 0.3 is 0 Å². The van der Waals surface area contributed by atoms with Crippen molar-refractivity contribution >= 4 is 11.7 Å². The summed E-state index contributed by atoms with van der Waals surface area (Å²) in [6.45, 7) is 3.04. The highest BCUT2D eigenvalue weighted by Crippen LogP contribution is 2.18. The number of carbonyl (C=O) groups is 1. The molecule has 1 aliphatic heterocycles. The van der Waals surface area contributed by atoms with Crippen LogP contribution in [0.2, 0.25) is 0 Å². The van der Waals surface area contributed by atoms with Gasteiger partial charge in [-0.1, -0.05) is 12.1 Å². The topological polar surface area (TPSA) is 62.5 Å². The van der Waals surface area contributed by atoms with Crippen LogP contribution in [0, 0.1) is 11.6 Å². The summed E-state index contributed by atoms with van der Waals surface area (Å²) in [5, 5.41) is 0. The lowest BCUT2D eigenvalue weighted by Gasteiger charge is -2.23. The first-order chi connectivity index (χ1) is 12.0. The van der Waals surface area contributed by atoms with Crippen LogP contribution in [0.4, 0.5) is 14.6 Å². The molecule has 1 aliphatic rings. The minimum absolute atomic E-state index is 0.102. The van der Waals surface area contributed by atoms with E-state index >= 15 is 0 Å². The third kappa shape index (κ3) is 4.11. The normalized spacial score (nSPS) is 15.8. The molecule has 2 N–H and O–H groups in total. The Morgan fingerprint density at radius 2 is 1.76 bits per heavy atom. The number of nitrogens with zero attached hydrogens (tertiary/aromatic N) is 3. The van der Waals surface area contributed by atoms with Gasteiger partial charge in [-0.3, -0.25) is 9.69 Å². The SMILES string of the molecule is NC(=O)c1cccc(N2CCCN(Cc3c(F)cccc3F)CC2)n1. The second kappa shape index (κ2) is 7.57. The number of anilines is 1. The van der Waals surface area contributed by atoms with Crippen LogP contribution in [-0.2, 0) is 6.54 Å². The molecule has 5 nitrogen and oxygen atoms in total. The van der Waals surface area contributed by atoms with Gasteiger partial charge in [0.1, 0.15) is 23.1 Å². The monoisotopic (exact) mass is 346 g/mol. The number of rotatable bonds is 4. The predicted octanol–water partition coefficient (Wildman–Crippen LogP) is 2.17. The molecule has 2 heterocycles. The van der Waals surface area contributed by atoms with Gasteiger partial charge in [0.2, 0.25) is 0 Å². The van der Waals surface area contributed by atoms with Gasteiger partial charge in [0.05, 0.1) is 0 Å². The molecule has 0 saturated carbocycles. The summed E-state index contributed by atoms with van der Waals surface area (Å²) >= 11 is 0. The van der Waals surface area contributed by atoms with Gasteiger partial charge in [0, 0.05) is 38.3 Å². The molecular weight excluding hydrogens is 326 g/mol. The fourth-order valence-electron chi connectivity index (χ4n) is 3.00. The molecule has 1 aromatic carbocycles. The minimum Gasteiger partial charge on any atom is -0.364 e. The molecule has 0 aliphatic carbocycles. The van der Waals surface area contributed by atoms with Crippen LogP contribution >= 0.6 is 0 Å². The lowest BCUT2D eigenvalue weighted by atomic mass is 10.2. The van der Waals surface area contributed by atoms with Crippen LogP contribution in [0.1, 0.15) is 22.5 Å². The Hall–Kier alpha value is -2.54.